The van der Waals surface area contributed by atoms with Crippen LogP contribution in [0, 0.1) is 0 Å². The molecule has 0 aromatic heterocycles. The van der Waals surface area contributed by atoms with Crippen molar-refractivity contribution >= 4 is 10.8 Å². The Labute approximate surface area is 140 Å². The summed E-state index contributed by atoms with van der Waals surface area (Å²) in [7, 11) is 0. The van der Waals surface area contributed by atoms with E-state index in [0.29, 0.717) is 11.8 Å². The number of hydrogen-bond donors (Lipinski definition) is 0. The molecule has 0 amide bonds. The molecule has 0 saturated heterocycles. The van der Waals surface area contributed by atoms with Crippen molar-refractivity contribution in [1.29, 1.82) is 0 Å². The van der Waals surface area contributed by atoms with Crippen LogP contribution in [0.15, 0.2) is 72.8 Å². The van der Waals surface area contributed by atoms with Crippen LogP contribution in [0.3, 0.4) is 0 Å². The average Bonchev–Trinajstić information content (AvgIpc) is 2.62. The van der Waals surface area contributed by atoms with E-state index in [9.17, 15) is 0 Å². The van der Waals surface area contributed by atoms with E-state index in [1.54, 1.807) is 0 Å². The first-order valence-electron chi connectivity index (χ1n) is 8.81. The molecule has 0 bridgehead atoms. The van der Waals surface area contributed by atoms with Crippen molar-refractivity contribution in [3.8, 4) is 0 Å². The summed E-state index contributed by atoms with van der Waals surface area (Å²) in [5.74, 6) is 1.29. The first kappa shape index (κ1) is 15.8. The molecule has 0 aliphatic heterocycles. The molecule has 0 heterocycles. The van der Waals surface area contributed by atoms with Crippen LogP contribution < -0.4 is 0 Å². The number of rotatable bonds is 6. The van der Waals surface area contributed by atoms with Gasteiger partial charge in [-0.2, -0.15) is 0 Å². The molecule has 0 aliphatic rings. The lowest BCUT2D eigenvalue weighted by Gasteiger charge is -2.19. The van der Waals surface area contributed by atoms with Gasteiger partial charge in [-0.25, -0.2) is 0 Å². The lowest BCUT2D eigenvalue weighted by atomic mass is 9.86. The Bertz CT molecular complexity index is 742. The predicted octanol–water partition coefficient (Wildman–Crippen LogP) is 6.92. The summed E-state index contributed by atoms with van der Waals surface area (Å²) in [6.45, 7) is 4.67. The van der Waals surface area contributed by atoms with Gasteiger partial charge in [0.05, 0.1) is 0 Å². The monoisotopic (exact) mass is 302 g/mol. The van der Waals surface area contributed by atoms with Crippen LogP contribution in [0.2, 0.25) is 0 Å². The van der Waals surface area contributed by atoms with Gasteiger partial charge in [0.2, 0.25) is 0 Å². The summed E-state index contributed by atoms with van der Waals surface area (Å²) < 4.78 is 0. The smallest absolute Gasteiger partial charge is 0.0164 e. The Morgan fingerprint density at radius 2 is 1.39 bits per heavy atom. The highest BCUT2D eigenvalue weighted by atomic mass is 14.2. The molecule has 0 spiro atoms. The van der Waals surface area contributed by atoms with E-state index in [0.717, 1.165) is 0 Å². The molecule has 23 heavy (non-hydrogen) atoms. The zero-order chi connectivity index (χ0) is 16.1. The lowest BCUT2D eigenvalue weighted by molar-refractivity contribution is 0.535. The molecule has 3 aromatic rings. The first-order chi connectivity index (χ1) is 11.3. The molecule has 0 nitrogen and oxygen atoms in total. The minimum atomic E-state index is 0.609. The summed E-state index contributed by atoms with van der Waals surface area (Å²) >= 11 is 0. The van der Waals surface area contributed by atoms with Crippen molar-refractivity contribution in [2.45, 2.75) is 44.9 Å². The summed E-state index contributed by atoms with van der Waals surface area (Å²) in [5.41, 5.74) is 2.95. The van der Waals surface area contributed by atoms with Crippen LogP contribution in [-0.2, 0) is 0 Å². The molecule has 0 aliphatic carbocycles. The molecule has 3 aromatic carbocycles. The second kappa shape index (κ2) is 7.46. The summed E-state index contributed by atoms with van der Waals surface area (Å²) in [5, 5.41) is 2.69. The Morgan fingerprint density at radius 1 is 0.696 bits per heavy atom. The average molecular weight is 302 g/mol. The summed E-state index contributed by atoms with van der Waals surface area (Å²) in [6.07, 6.45) is 3.72. The predicted molar refractivity (Wildman–Crippen MR) is 101 cm³/mol. The third kappa shape index (κ3) is 3.82. The van der Waals surface area contributed by atoms with E-state index in [2.05, 4.69) is 86.6 Å². The zero-order valence-electron chi connectivity index (χ0n) is 14.2. The maximum Gasteiger partial charge on any atom is -0.0164 e. The standard InChI is InChI=1S/C23H26/c1-3-19(20-9-5-4-6-10-20)14-13-18(2)22-16-15-21-11-7-8-12-23(21)17-22/h4-12,15-19H,3,13-14H2,1-2H3. The van der Waals surface area contributed by atoms with E-state index in [1.807, 2.05) is 0 Å². The van der Waals surface area contributed by atoms with Crippen molar-refractivity contribution in [3.05, 3.63) is 83.9 Å². The third-order valence-electron chi connectivity index (χ3n) is 5.05. The Hall–Kier alpha value is -2.08. The molecule has 0 N–H and O–H groups in total. The van der Waals surface area contributed by atoms with Crippen molar-refractivity contribution < 1.29 is 0 Å². The topological polar surface area (TPSA) is 0 Å². The minimum Gasteiger partial charge on any atom is -0.0648 e. The molecular formula is C23H26. The van der Waals surface area contributed by atoms with Gasteiger partial charge >= 0.3 is 0 Å². The molecule has 0 heteroatoms. The van der Waals surface area contributed by atoms with Crippen molar-refractivity contribution in [3.63, 3.8) is 0 Å². The van der Waals surface area contributed by atoms with Gasteiger partial charge in [-0.05, 0) is 53.0 Å². The molecule has 0 radical (unpaired) electrons. The normalized spacial score (nSPS) is 13.8. The van der Waals surface area contributed by atoms with Crippen LogP contribution >= 0.6 is 0 Å². The van der Waals surface area contributed by atoms with E-state index in [1.165, 1.54) is 41.2 Å². The molecule has 0 saturated carbocycles. The van der Waals surface area contributed by atoms with Gasteiger partial charge in [0.1, 0.15) is 0 Å². The fourth-order valence-corrected chi connectivity index (χ4v) is 3.46. The van der Waals surface area contributed by atoms with E-state index in [4.69, 9.17) is 0 Å². The number of fused-ring (bicyclic) bond motifs is 1. The number of benzene rings is 3. The second-order valence-corrected chi connectivity index (χ2v) is 6.60. The molecule has 0 fully saturated rings. The fraction of sp³-hybridized carbons (Fsp3) is 0.304. The molecule has 2 atom stereocenters. The fourth-order valence-electron chi connectivity index (χ4n) is 3.46. The highest BCUT2D eigenvalue weighted by Crippen LogP contribution is 2.31. The van der Waals surface area contributed by atoms with E-state index >= 15 is 0 Å². The van der Waals surface area contributed by atoms with E-state index < -0.39 is 0 Å². The first-order valence-corrected chi connectivity index (χ1v) is 8.81. The van der Waals surface area contributed by atoms with Gasteiger partial charge in [-0.15, -0.1) is 0 Å². The second-order valence-electron chi connectivity index (χ2n) is 6.60. The van der Waals surface area contributed by atoms with Crippen LogP contribution in [-0.4, -0.2) is 0 Å². The maximum atomic E-state index is 2.36. The summed E-state index contributed by atoms with van der Waals surface area (Å²) in [6, 6.07) is 26.5. The molecule has 2 unspecified atom stereocenters. The minimum absolute atomic E-state index is 0.609. The Kier molecular flexibility index (Phi) is 5.12. The quantitative estimate of drug-likeness (QED) is 0.463. The van der Waals surface area contributed by atoms with Crippen molar-refractivity contribution in [2.75, 3.05) is 0 Å². The molecule has 118 valence electrons. The van der Waals surface area contributed by atoms with Gasteiger partial charge in [0.15, 0.2) is 0 Å². The maximum absolute atomic E-state index is 2.36. The SMILES string of the molecule is CCC(CCC(C)c1ccc2ccccc2c1)c1ccccc1. The van der Waals surface area contributed by atoms with Gasteiger partial charge in [-0.1, -0.05) is 86.6 Å². The highest BCUT2D eigenvalue weighted by Gasteiger charge is 2.12. The van der Waals surface area contributed by atoms with Crippen molar-refractivity contribution in [2.24, 2.45) is 0 Å². The third-order valence-corrected chi connectivity index (χ3v) is 5.05. The zero-order valence-corrected chi connectivity index (χ0v) is 14.2. The number of hydrogen-bond acceptors (Lipinski definition) is 0. The highest BCUT2D eigenvalue weighted by molar-refractivity contribution is 5.83. The van der Waals surface area contributed by atoms with Crippen LogP contribution in [0.25, 0.3) is 10.8 Å². The molecular weight excluding hydrogens is 276 g/mol. The van der Waals surface area contributed by atoms with Gasteiger partial charge in [0.25, 0.3) is 0 Å². The van der Waals surface area contributed by atoms with Gasteiger partial charge < -0.3 is 0 Å². The van der Waals surface area contributed by atoms with Crippen LogP contribution in [0.4, 0.5) is 0 Å². The van der Waals surface area contributed by atoms with Gasteiger partial charge in [0, 0.05) is 0 Å². The Morgan fingerprint density at radius 3 is 2.13 bits per heavy atom. The molecule has 3 rings (SSSR count). The van der Waals surface area contributed by atoms with Gasteiger partial charge in [-0.3, -0.25) is 0 Å². The van der Waals surface area contributed by atoms with Crippen LogP contribution in [0.5, 0.6) is 0 Å². The van der Waals surface area contributed by atoms with Crippen molar-refractivity contribution in [1.82, 2.24) is 0 Å². The lowest BCUT2D eigenvalue weighted by Crippen LogP contribution is -2.01. The van der Waals surface area contributed by atoms with E-state index in [-0.39, 0.29) is 0 Å². The largest absolute Gasteiger partial charge is 0.0648 e. The van der Waals surface area contributed by atoms with Crippen LogP contribution in [0.1, 0.15) is 56.1 Å². The summed E-state index contributed by atoms with van der Waals surface area (Å²) in [4.78, 5) is 0. The Balaban J connectivity index is 1.69.